The van der Waals surface area contributed by atoms with E-state index in [1.54, 1.807) is 0 Å². The van der Waals surface area contributed by atoms with Crippen molar-refractivity contribution in [2.75, 3.05) is 18.6 Å². The molecule has 0 bridgehead atoms. The van der Waals surface area contributed by atoms with E-state index >= 15 is 0 Å². The van der Waals surface area contributed by atoms with Crippen LogP contribution in [-0.2, 0) is 0 Å². The largest absolute Gasteiger partial charge is 0.314 e. The first kappa shape index (κ1) is 13.3. The van der Waals surface area contributed by atoms with Crippen LogP contribution in [0.3, 0.4) is 0 Å². The van der Waals surface area contributed by atoms with Crippen molar-refractivity contribution in [1.82, 2.24) is 5.32 Å². The molecule has 0 radical (unpaired) electrons. The summed E-state index contributed by atoms with van der Waals surface area (Å²) in [4.78, 5) is 0. The van der Waals surface area contributed by atoms with Crippen molar-refractivity contribution in [3.8, 4) is 0 Å². The van der Waals surface area contributed by atoms with Gasteiger partial charge in [0.05, 0.1) is 0 Å². The van der Waals surface area contributed by atoms with Crippen LogP contribution in [0.25, 0.3) is 0 Å². The van der Waals surface area contributed by atoms with Gasteiger partial charge in [0.1, 0.15) is 0 Å². The Morgan fingerprint density at radius 3 is 2.23 bits per heavy atom. The minimum Gasteiger partial charge on any atom is -0.314 e. The SMILES string of the molecule is CCCC(CCC)NCCCSC. The van der Waals surface area contributed by atoms with E-state index in [1.807, 2.05) is 11.8 Å². The standard InChI is InChI=1S/C11H25NS/c1-4-7-11(8-5-2)12-9-6-10-13-3/h11-12H,4-10H2,1-3H3. The van der Waals surface area contributed by atoms with Gasteiger partial charge in [0.15, 0.2) is 0 Å². The van der Waals surface area contributed by atoms with Crippen LogP contribution in [-0.4, -0.2) is 24.6 Å². The molecule has 0 spiro atoms. The van der Waals surface area contributed by atoms with Crippen molar-refractivity contribution in [2.24, 2.45) is 0 Å². The lowest BCUT2D eigenvalue weighted by atomic mass is 10.1. The molecule has 0 aromatic heterocycles. The first-order valence-corrected chi connectivity index (χ1v) is 6.96. The molecule has 1 nitrogen and oxygen atoms in total. The van der Waals surface area contributed by atoms with E-state index in [9.17, 15) is 0 Å². The van der Waals surface area contributed by atoms with Gasteiger partial charge in [0.25, 0.3) is 0 Å². The van der Waals surface area contributed by atoms with Crippen molar-refractivity contribution >= 4 is 11.8 Å². The van der Waals surface area contributed by atoms with Gasteiger partial charge in [-0.05, 0) is 37.8 Å². The lowest BCUT2D eigenvalue weighted by Crippen LogP contribution is -2.29. The normalized spacial score (nSPS) is 11.1. The topological polar surface area (TPSA) is 12.0 Å². The van der Waals surface area contributed by atoms with E-state index in [0.717, 1.165) is 6.04 Å². The summed E-state index contributed by atoms with van der Waals surface area (Å²) in [7, 11) is 0. The Hall–Kier alpha value is 0.310. The van der Waals surface area contributed by atoms with Gasteiger partial charge in [0, 0.05) is 6.04 Å². The van der Waals surface area contributed by atoms with Gasteiger partial charge in [0.2, 0.25) is 0 Å². The fraction of sp³-hybridized carbons (Fsp3) is 1.00. The molecule has 0 aromatic rings. The highest BCUT2D eigenvalue weighted by atomic mass is 32.2. The van der Waals surface area contributed by atoms with Crippen molar-refractivity contribution in [3.63, 3.8) is 0 Å². The molecule has 0 aliphatic rings. The molecule has 0 aliphatic carbocycles. The van der Waals surface area contributed by atoms with E-state index in [2.05, 4.69) is 25.4 Å². The molecule has 0 unspecified atom stereocenters. The molecule has 0 heterocycles. The molecular formula is C11H25NS. The summed E-state index contributed by atoms with van der Waals surface area (Å²) >= 11 is 1.94. The van der Waals surface area contributed by atoms with Crippen LogP contribution in [0.2, 0.25) is 0 Å². The van der Waals surface area contributed by atoms with Gasteiger partial charge in [-0.1, -0.05) is 26.7 Å². The fourth-order valence-electron chi connectivity index (χ4n) is 1.57. The van der Waals surface area contributed by atoms with Gasteiger partial charge in [-0.15, -0.1) is 0 Å². The first-order valence-electron chi connectivity index (χ1n) is 5.57. The molecule has 0 atom stereocenters. The van der Waals surface area contributed by atoms with Gasteiger partial charge >= 0.3 is 0 Å². The average Bonchev–Trinajstić information content (AvgIpc) is 2.13. The van der Waals surface area contributed by atoms with Gasteiger partial charge in [-0.25, -0.2) is 0 Å². The van der Waals surface area contributed by atoms with E-state index in [1.165, 1.54) is 44.4 Å². The summed E-state index contributed by atoms with van der Waals surface area (Å²) in [6.07, 6.45) is 8.78. The van der Waals surface area contributed by atoms with Crippen LogP contribution in [0.4, 0.5) is 0 Å². The summed E-state index contributed by atoms with van der Waals surface area (Å²) in [5, 5.41) is 3.64. The summed E-state index contributed by atoms with van der Waals surface area (Å²) in [5.74, 6) is 1.29. The Bertz CT molecular complexity index is 90.1. The van der Waals surface area contributed by atoms with Crippen molar-refractivity contribution in [3.05, 3.63) is 0 Å². The summed E-state index contributed by atoms with van der Waals surface area (Å²) in [6, 6.07) is 0.775. The molecular weight excluding hydrogens is 178 g/mol. The zero-order chi connectivity index (χ0) is 9.94. The smallest absolute Gasteiger partial charge is 0.00668 e. The Kier molecular flexibility index (Phi) is 10.6. The maximum atomic E-state index is 3.64. The number of hydrogen-bond acceptors (Lipinski definition) is 2. The molecule has 80 valence electrons. The minimum atomic E-state index is 0.775. The third-order valence-corrected chi connectivity index (χ3v) is 2.93. The second-order valence-corrected chi connectivity index (χ2v) is 4.56. The Morgan fingerprint density at radius 2 is 1.77 bits per heavy atom. The highest BCUT2D eigenvalue weighted by Gasteiger charge is 2.03. The minimum absolute atomic E-state index is 0.775. The number of thioether (sulfide) groups is 1. The number of nitrogens with one attached hydrogen (secondary N) is 1. The molecule has 0 amide bonds. The Labute approximate surface area is 88.1 Å². The van der Waals surface area contributed by atoms with Gasteiger partial charge in [-0.2, -0.15) is 11.8 Å². The maximum Gasteiger partial charge on any atom is 0.00668 e. The second-order valence-electron chi connectivity index (χ2n) is 3.57. The quantitative estimate of drug-likeness (QED) is 0.577. The molecule has 2 heteroatoms. The van der Waals surface area contributed by atoms with Crippen LogP contribution in [0.5, 0.6) is 0 Å². The van der Waals surface area contributed by atoms with E-state index in [4.69, 9.17) is 0 Å². The average molecular weight is 203 g/mol. The Morgan fingerprint density at radius 1 is 1.15 bits per heavy atom. The van der Waals surface area contributed by atoms with Crippen LogP contribution in [0.1, 0.15) is 46.0 Å². The van der Waals surface area contributed by atoms with E-state index in [0.29, 0.717) is 0 Å². The summed E-state index contributed by atoms with van der Waals surface area (Å²) < 4.78 is 0. The highest BCUT2D eigenvalue weighted by Crippen LogP contribution is 2.04. The summed E-state index contributed by atoms with van der Waals surface area (Å²) in [5.41, 5.74) is 0. The number of hydrogen-bond donors (Lipinski definition) is 1. The van der Waals surface area contributed by atoms with Crippen LogP contribution in [0.15, 0.2) is 0 Å². The Balaban J connectivity index is 3.33. The van der Waals surface area contributed by atoms with Crippen LogP contribution >= 0.6 is 11.8 Å². The predicted octanol–water partition coefficient (Wildman–Crippen LogP) is 3.30. The molecule has 0 aromatic carbocycles. The third-order valence-electron chi connectivity index (χ3n) is 2.23. The van der Waals surface area contributed by atoms with Crippen LogP contribution < -0.4 is 5.32 Å². The van der Waals surface area contributed by atoms with Crippen LogP contribution in [0, 0.1) is 0 Å². The molecule has 0 aliphatic heterocycles. The molecule has 0 rings (SSSR count). The van der Waals surface area contributed by atoms with E-state index in [-0.39, 0.29) is 0 Å². The molecule has 1 N–H and O–H groups in total. The highest BCUT2D eigenvalue weighted by molar-refractivity contribution is 7.98. The number of rotatable bonds is 9. The van der Waals surface area contributed by atoms with Crippen molar-refractivity contribution < 1.29 is 0 Å². The summed E-state index contributed by atoms with van der Waals surface area (Å²) in [6.45, 7) is 5.74. The zero-order valence-electron chi connectivity index (χ0n) is 9.44. The molecule has 13 heavy (non-hydrogen) atoms. The first-order chi connectivity index (χ1) is 6.35. The fourth-order valence-corrected chi connectivity index (χ4v) is 2.00. The third kappa shape index (κ3) is 8.63. The van der Waals surface area contributed by atoms with Crippen molar-refractivity contribution in [2.45, 2.75) is 52.0 Å². The lowest BCUT2D eigenvalue weighted by Gasteiger charge is -2.16. The second kappa shape index (κ2) is 10.4. The molecule has 0 saturated heterocycles. The predicted molar refractivity (Wildman–Crippen MR) is 64.6 cm³/mol. The molecule has 0 saturated carbocycles. The lowest BCUT2D eigenvalue weighted by molar-refractivity contribution is 0.445. The van der Waals surface area contributed by atoms with Crippen molar-refractivity contribution in [1.29, 1.82) is 0 Å². The van der Waals surface area contributed by atoms with Gasteiger partial charge in [-0.3, -0.25) is 0 Å². The monoisotopic (exact) mass is 203 g/mol. The molecule has 0 fully saturated rings. The zero-order valence-corrected chi connectivity index (χ0v) is 10.3. The maximum absolute atomic E-state index is 3.64. The van der Waals surface area contributed by atoms with E-state index < -0.39 is 0 Å². The van der Waals surface area contributed by atoms with Gasteiger partial charge < -0.3 is 5.32 Å².